The zero-order valence-electron chi connectivity index (χ0n) is 20.9. The molecule has 1 aliphatic heterocycles. The quantitative estimate of drug-likeness (QED) is 0.194. The molecule has 38 heavy (non-hydrogen) atoms. The van der Waals surface area contributed by atoms with Crippen LogP contribution < -0.4 is 24.4 Å². The SMILES string of the molecule is CCOC(=O)C1=C(C)N=c2sc(=Cc3cccc(OC)c3OC(C)=O)c(=O)n2C1c1cccc([N+](=O)[O-])c1. The van der Waals surface area contributed by atoms with Crippen LogP contribution in [0.4, 0.5) is 5.69 Å². The number of allylic oxidation sites excluding steroid dienone is 1. The molecule has 0 saturated carbocycles. The minimum atomic E-state index is -1.01. The lowest BCUT2D eigenvalue weighted by Gasteiger charge is -2.24. The number of ether oxygens (including phenoxy) is 3. The van der Waals surface area contributed by atoms with Crippen LogP contribution in [-0.2, 0) is 14.3 Å². The predicted molar refractivity (Wildman–Crippen MR) is 138 cm³/mol. The van der Waals surface area contributed by atoms with Crippen molar-refractivity contribution in [2.75, 3.05) is 13.7 Å². The Morgan fingerprint density at radius 1 is 1.24 bits per heavy atom. The Bertz CT molecular complexity index is 1670. The van der Waals surface area contributed by atoms with Crippen LogP contribution in [0.15, 0.2) is 63.5 Å². The van der Waals surface area contributed by atoms with E-state index in [0.29, 0.717) is 27.4 Å². The lowest BCUT2D eigenvalue weighted by atomic mass is 9.95. The van der Waals surface area contributed by atoms with E-state index in [9.17, 15) is 24.5 Å². The Labute approximate surface area is 220 Å². The molecule has 0 aliphatic carbocycles. The first kappa shape index (κ1) is 26.5. The number of methoxy groups -OCH3 is 1. The number of fused-ring (bicyclic) bond motifs is 1. The molecule has 1 aromatic heterocycles. The van der Waals surface area contributed by atoms with Gasteiger partial charge in [-0.05, 0) is 31.6 Å². The molecule has 1 atom stereocenters. The van der Waals surface area contributed by atoms with Gasteiger partial charge in [-0.2, -0.15) is 0 Å². The van der Waals surface area contributed by atoms with E-state index in [2.05, 4.69) is 4.99 Å². The largest absolute Gasteiger partial charge is 0.493 e. The smallest absolute Gasteiger partial charge is 0.338 e. The average Bonchev–Trinajstić information content (AvgIpc) is 3.18. The van der Waals surface area contributed by atoms with E-state index < -0.39 is 28.5 Å². The van der Waals surface area contributed by atoms with E-state index in [4.69, 9.17) is 14.2 Å². The second-order valence-electron chi connectivity index (χ2n) is 8.13. The summed E-state index contributed by atoms with van der Waals surface area (Å²) in [4.78, 5) is 54.2. The number of esters is 2. The predicted octanol–water partition coefficient (Wildman–Crippen LogP) is 2.64. The first-order chi connectivity index (χ1) is 18.2. The Balaban J connectivity index is 1.99. The lowest BCUT2D eigenvalue weighted by Crippen LogP contribution is -2.40. The number of hydrogen-bond acceptors (Lipinski definition) is 10. The maximum Gasteiger partial charge on any atom is 0.338 e. The fourth-order valence-corrected chi connectivity index (χ4v) is 5.15. The number of non-ortho nitro benzene ring substituents is 1. The van der Waals surface area contributed by atoms with Gasteiger partial charge in [-0.1, -0.05) is 35.6 Å². The van der Waals surface area contributed by atoms with Gasteiger partial charge in [0.15, 0.2) is 16.3 Å². The number of hydrogen-bond donors (Lipinski definition) is 0. The van der Waals surface area contributed by atoms with Crippen LogP contribution >= 0.6 is 11.3 Å². The Hall–Kier alpha value is -4.58. The molecule has 2 heterocycles. The van der Waals surface area contributed by atoms with Crippen molar-refractivity contribution in [3.05, 3.63) is 94.7 Å². The van der Waals surface area contributed by atoms with E-state index >= 15 is 0 Å². The first-order valence-corrected chi connectivity index (χ1v) is 12.3. The summed E-state index contributed by atoms with van der Waals surface area (Å²) < 4.78 is 17.5. The molecular formula is C26H23N3O8S. The number of aromatic nitrogens is 1. The van der Waals surface area contributed by atoms with Crippen molar-refractivity contribution in [3.8, 4) is 11.5 Å². The van der Waals surface area contributed by atoms with Gasteiger partial charge in [-0.25, -0.2) is 9.79 Å². The van der Waals surface area contributed by atoms with Gasteiger partial charge < -0.3 is 14.2 Å². The third-order valence-electron chi connectivity index (χ3n) is 5.68. The van der Waals surface area contributed by atoms with E-state index in [0.717, 1.165) is 11.3 Å². The van der Waals surface area contributed by atoms with Gasteiger partial charge in [0.25, 0.3) is 11.2 Å². The van der Waals surface area contributed by atoms with Crippen LogP contribution in [0.1, 0.15) is 37.9 Å². The third kappa shape index (κ3) is 4.98. The van der Waals surface area contributed by atoms with E-state index in [-0.39, 0.29) is 28.1 Å². The Morgan fingerprint density at radius 2 is 1.97 bits per heavy atom. The maximum absolute atomic E-state index is 13.8. The van der Waals surface area contributed by atoms with Crippen LogP contribution in [0.5, 0.6) is 11.5 Å². The molecule has 11 nitrogen and oxygen atoms in total. The second kappa shape index (κ2) is 10.8. The number of nitrogens with zero attached hydrogens (tertiary/aromatic N) is 3. The molecule has 12 heteroatoms. The number of benzene rings is 2. The highest BCUT2D eigenvalue weighted by atomic mass is 32.1. The van der Waals surface area contributed by atoms with Gasteiger partial charge in [0, 0.05) is 24.6 Å². The van der Waals surface area contributed by atoms with Crippen LogP contribution in [0.3, 0.4) is 0 Å². The topological polar surface area (TPSA) is 139 Å². The number of nitro groups is 1. The zero-order valence-corrected chi connectivity index (χ0v) is 21.7. The van der Waals surface area contributed by atoms with Crippen LogP contribution in [0, 0.1) is 10.1 Å². The first-order valence-electron chi connectivity index (χ1n) is 11.5. The highest BCUT2D eigenvalue weighted by molar-refractivity contribution is 7.07. The van der Waals surface area contributed by atoms with E-state index in [1.807, 2.05) is 0 Å². The summed E-state index contributed by atoms with van der Waals surface area (Å²) in [7, 11) is 1.43. The highest BCUT2D eigenvalue weighted by Gasteiger charge is 2.34. The van der Waals surface area contributed by atoms with Crippen molar-refractivity contribution in [3.63, 3.8) is 0 Å². The van der Waals surface area contributed by atoms with E-state index in [1.165, 1.54) is 36.8 Å². The molecule has 2 aromatic carbocycles. The fourth-order valence-electron chi connectivity index (χ4n) is 4.12. The molecular weight excluding hydrogens is 514 g/mol. The fraction of sp³-hybridized carbons (Fsp3) is 0.231. The number of thiazole rings is 1. The number of nitro benzene ring substituents is 1. The van der Waals surface area contributed by atoms with Gasteiger partial charge in [0.05, 0.1) is 40.5 Å². The van der Waals surface area contributed by atoms with E-state index in [1.54, 1.807) is 44.2 Å². The summed E-state index contributed by atoms with van der Waals surface area (Å²) in [5, 5.41) is 11.5. The number of rotatable bonds is 7. The van der Waals surface area contributed by atoms with Crippen molar-refractivity contribution >= 4 is 35.0 Å². The molecule has 0 amide bonds. The Morgan fingerprint density at radius 3 is 2.63 bits per heavy atom. The highest BCUT2D eigenvalue weighted by Crippen LogP contribution is 2.33. The van der Waals surface area contributed by atoms with Crippen LogP contribution in [0.2, 0.25) is 0 Å². The molecule has 0 N–H and O–H groups in total. The zero-order chi connectivity index (χ0) is 27.6. The van der Waals surface area contributed by atoms with Crippen LogP contribution in [0.25, 0.3) is 6.08 Å². The van der Waals surface area contributed by atoms with Crippen LogP contribution in [-0.4, -0.2) is 35.1 Å². The van der Waals surface area contributed by atoms with Gasteiger partial charge >= 0.3 is 11.9 Å². The van der Waals surface area contributed by atoms with Crippen molar-refractivity contribution in [1.29, 1.82) is 0 Å². The molecule has 0 bridgehead atoms. The summed E-state index contributed by atoms with van der Waals surface area (Å²) in [5.41, 5.74) is 0.522. The minimum absolute atomic E-state index is 0.0937. The van der Waals surface area contributed by atoms with Gasteiger partial charge in [0.1, 0.15) is 0 Å². The second-order valence-corrected chi connectivity index (χ2v) is 9.14. The summed E-state index contributed by atoms with van der Waals surface area (Å²) in [5.74, 6) is -0.793. The average molecular weight is 538 g/mol. The number of para-hydroxylation sites is 1. The third-order valence-corrected chi connectivity index (χ3v) is 6.66. The molecule has 0 saturated heterocycles. The van der Waals surface area contributed by atoms with Gasteiger partial charge in [-0.3, -0.25) is 24.3 Å². The maximum atomic E-state index is 13.8. The summed E-state index contributed by atoms with van der Waals surface area (Å²) in [6.45, 7) is 4.62. The summed E-state index contributed by atoms with van der Waals surface area (Å²) in [6, 6.07) is 9.69. The van der Waals surface area contributed by atoms with Gasteiger partial charge in [-0.15, -0.1) is 0 Å². The standard InChI is InChI=1S/C26H23N3O8S/c1-5-36-25(32)21-14(2)27-26-28(22(21)16-8-6-10-18(12-16)29(33)34)24(31)20(38-26)13-17-9-7-11-19(35-4)23(17)37-15(3)30/h6-13,22H,5H2,1-4H3. The normalized spacial score (nSPS) is 14.9. The molecule has 4 rings (SSSR count). The molecule has 1 aliphatic rings. The lowest BCUT2D eigenvalue weighted by molar-refractivity contribution is -0.384. The summed E-state index contributed by atoms with van der Waals surface area (Å²) >= 11 is 1.06. The number of carbonyl (C=O) groups is 2. The van der Waals surface area contributed by atoms with Crippen molar-refractivity contribution < 1.29 is 28.7 Å². The van der Waals surface area contributed by atoms with Crippen molar-refractivity contribution in [1.82, 2.24) is 4.57 Å². The molecule has 196 valence electrons. The summed E-state index contributed by atoms with van der Waals surface area (Å²) in [6.07, 6.45) is 1.54. The van der Waals surface area contributed by atoms with Gasteiger partial charge in [0.2, 0.25) is 0 Å². The number of carbonyl (C=O) groups excluding carboxylic acids is 2. The molecule has 0 spiro atoms. The molecule has 0 radical (unpaired) electrons. The van der Waals surface area contributed by atoms with Crippen molar-refractivity contribution in [2.45, 2.75) is 26.8 Å². The Kier molecular flexibility index (Phi) is 7.53. The molecule has 0 fully saturated rings. The molecule has 3 aromatic rings. The molecule has 1 unspecified atom stereocenters. The monoisotopic (exact) mass is 537 g/mol. The minimum Gasteiger partial charge on any atom is -0.493 e. The van der Waals surface area contributed by atoms with Crippen molar-refractivity contribution in [2.24, 2.45) is 4.99 Å².